The molecule has 1 saturated carbocycles. The lowest BCUT2D eigenvalue weighted by Crippen LogP contribution is -2.33. The molecule has 1 aromatic heterocycles. The minimum Gasteiger partial charge on any atom is -0.497 e. The molecule has 1 heterocycles. The summed E-state index contributed by atoms with van der Waals surface area (Å²) >= 11 is 0. The fourth-order valence-corrected chi connectivity index (χ4v) is 3.79. The number of benzene rings is 1. The molecule has 0 amide bonds. The van der Waals surface area contributed by atoms with Gasteiger partial charge in [-0.05, 0) is 61.1 Å². The number of nitrogens with one attached hydrogen (secondary N) is 1. The van der Waals surface area contributed by atoms with E-state index in [9.17, 15) is 5.11 Å². The second-order valence-corrected chi connectivity index (χ2v) is 6.69. The summed E-state index contributed by atoms with van der Waals surface area (Å²) in [5.41, 5.74) is 1.76. The smallest absolute Gasteiger partial charge is 0.119 e. The third-order valence-electron chi connectivity index (χ3n) is 5.49. The Morgan fingerprint density at radius 2 is 2.21 bits per heavy atom. The van der Waals surface area contributed by atoms with E-state index in [1.165, 1.54) is 0 Å². The van der Waals surface area contributed by atoms with Crippen LogP contribution in [0.15, 0.2) is 43.1 Å². The van der Waals surface area contributed by atoms with Crippen LogP contribution >= 0.6 is 0 Å². The highest BCUT2D eigenvalue weighted by molar-refractivity contribution is 5.83. The zero-order chi connectivity index (χ0) is 17.3. The van der Waals surface area contributed by atoms with E-state index in [1.807, 2.05) is 37.4 Å². The Bertz CT molecular complexity index is 731. The van der Waals surface area contributed by atoms with Crippen molar-refractivity contribution in [3.8, 4) is 5.75 Å². The van der Waals surface area contributed by atoms with E-state index in [-0.39, 0.29) is 6.04 Å². The molecular weight excluding hydrogens is 300 g/mol. The van der Waals surface area contributed by atoms with Gasteiger partial charge in [0, 0.05) is 17.6 Å². The first-order chi connectivity index (χ1) is 11.6. The van der Waals surface area contributed by atoms with Gasteiger partial charge >= 0.3 is 0 Å². The molecule has 0 bridgehead atoms. The summed E-state index contributed by atoms with van der Waals surface area (Å²) in [5, 5.41) is 15.2. The Kier molecular flexibility index (Phi) is 4.88. The number of fused-ring (bicyclic) bond motifs is 1. The van der Waals surface area contributed by atoms with Gasteiger partial charge in [0.2, 0.25) is 0 Å². The van der Waals surface area contributed by atoms with Crippen LogP contribution in [-0.2, 0) is 0 Å². The number of ether oxygens (including phenoxy) is 1. The number of nitrogens with zero attached hydrogens (tertiary/aromatic N) is 1. The van der Waals surface area contributed by atoms with E-state index in [0.717, 1.165) is 28.6 Å². The van der Waals surface area contributed by atoms with Crippen LogP contribution in [0, 0.1) is 17.8 Å². The maximum Gasteiger partial charge on any atom is 0.119 e. The van der Waals surface area contributed by atoms with Crippen molar-refractivity contribution in [2.75, 3.05) is 14.2 Å². The van der Waals surface area contributed by atoms with Gasteiger partial charge in [0.15, 0.2) is 0 Å². The molecule has 0 spiro atoms. The lowest BCUT2D eigenvalue weighted by Gasteiger charge is -2.24. The molecule has 4 nitrogen and oxygen atoms in total. The summed E-state index contributed by atoms with van der Waals surface area (Å²) in [4.78, 5) is 4.40. The highest BCUT2D eigenvalue weighted by Gasteiger charge is 2.45. The lowest BCUT2D eigenvalue weighted by molar-refractivity contribution is 0.125. The second-order valence-electron chi connectivity index (χ2n) is 6.69. The van der Waals surface area contributed by atoms with Crippen molar-refractivity contribution in [1.82, 2.24) is 10.3 Å². The van der Waals surface area contributed by atoms with Gasteiger partial charge in [0.05, 0.1) is 18.7 Å². The average molecular weight is 326 g/mol. The number of pyridine rings is 1. The third kappa shape index (κ3) is 3.04. The zero-order valence-corrected chi connectivity index (χ0v) is 14.6. The van der Waals surface area contributed by atoms with Crippen LogP contribution in [-0.4, -0.2) is 30.3 Å². The molecule has 0 radical (unpaired) electrons. The first kappa shape index (κ1) is 16.9. The molecule has 2 N–H and O–H groups in total. The molecule has 5 atom stereocenters. The molecule has 2 aromatic rings. The Morgan fingerprint density at radius 3 is 2.83 bits per heavy atom. The van der Waals surface area contributed by atoms with Gasteiger partial charge in [-0.25, -0.2) is 0 Å². The molecule has 1 aromatic carbocycles. The van der Waals surface area contributed by atoms with Crippen LogP contribution in [0.4, 0.5) is 0 Å². The maximum absolute atomic E-state index is 11.0. The van der Waals surface area contributed by atoms with Crippen molar-refractivity contribution < 1.29 is 9.84 Å². The summed E-state index contributed by atoms with van der Waals surface area (Å²) in [6.45, 7) is 6.17. The molecule has 4 heteroatoms. The van der Waals surface area contributed by atoms with Crippen molar-refractivity contribution >= 4 is 10.9 Å². The van der Waals surface area contributed by atoms with Crippen LogP contribution in [0.2, 0.25) is 0 Å². The van der Waals surface area contributed by atoms with Crippen LogP contribution in [0.3, 0.4) is 0 Å². The minimum atomic E-state index is -0.592. The van der Waals surface area contributed by atoms with E-state index in [1.54, 1.807) is 13.3 Å². The Balaban J connectivity index is 1.88. The largest absolute Gasteiger partial charge is 0.497 e. The quantitative estimate of drug-likeness (QED) is 0.767. The molecule has 3 rings (SSSR count). The van der Waals surface area contributed by atoms with E-state index in [2.05, 4.69) is 23.8 Å². The number of aromatic nitrogens is 1. The number of hydrogen-bond donors (Lipinski definition) is 2. The number of aliphatic hydroxyl groups excluding tert-OH is 1. The summed E-state index contributed by atoms with van der Waals surface area (Å²) in [6.07, 6.45) is 4.14. The number of rotatable bonds is 7. The Labute approximate surface area is 143 Å². The van der Waals surface area contributed by atoms with E-state index in [4.69, 9.17) is 4.74 Å². The summed E-state index contributed by atoms with van der Waals surface area (Å²) in [5.74, 6) is 2.59. The van der Waals surface area contributed by atoms with Crippen molar-refractivity contribution in [2.24, 2.45) is 17.8 Å². The number of allylic oxidation sites excluding steroid dienone is 1. The van der Waals surface area contributed by atoms with Gasteiger partial charge in [0.25, 0.3) is 0 Å². The van der Waals surface area contributed by atoms with Crippen LogP contribution < -0.4 is 10.1 Å². The molecule has 1 aliphatic carbocycles. The van der Waals surface area contributed by atoms with Gasteiger partial charge in [-0.15, -0.1) is 6.58 Å². The fraction of sp³-hybridized carbons (Fsp3) is 0.450. The van der Waals surface area contributed by atoms with Gasteiger partial charge in [-0.1, -0.05) is 13.0 Å². The third-order valence-corrected chi connectivity index (χ3v) is 5.49. The predicted molar refractivity (Wildman–Crippen MR) is 97.1 cm³/mol. The number of likely N-dealkylation sites (N-methyl/N-ethyl adjacent to an activating group) is 1. The van der Waals surface area contributed by atoms with Crippen LogP contribution in [0.5, 0.6) is 5.75 Å². The first-order valence-electron chi connectivity index (χ1n) is 8.51. The monoisotopic (exact) mass is 326 g/mol. The van der Waals surface area contributed by atoms with E-state index >= 15 is 0 Å². The number of aliphatic hydroxyl groups is 1. The van der Waals surface area contributed by atoms with Gasteiger partial charge in [0.1, 0.15) is 5.75 Å². The molecule has 1 fully saturated rings. The lowest BCUT2D eigenvalue weighted by atomic mass is 9.94. The SMILES string of the molecule is C=CC1C(C)C1CC(NC)C(O)c1ccnc2ccc(OC)cc12. The summed E-state index contributed by atoms with van der Waals surface area (Å²) < 4.78 is 5.32. The second kappa shape index (κ2) is 6.91. The van der Waals surface area contributed by atoms with Crippen molar-refractivity contribution in [3.05, 3.63) is 48.7 Å². The van der Waals surface area contributed by atoms with Crippen LogP contribution in [0.25, 0.3) is 10.9 Å². The Morgan fingerprint density at radius 1 is 1.42 bits per heavy atom. The minimum absolute atomic E-state index is 0.000740. The Hall–Kier alpha value is -1.91. The zero-order valence-electron chi connectivity index (χ0n) is 14.6. The molecule has 128 valence electrons. The fourth-order valence-electron chi connectivity index (χ4n) is 3.79. The molecule has 24 heavy (non-hydrogen) atoms. The first-order valence-corrected chi connectivity index (χ1v) is 8.51. The topological polar surface area (TPSA) is 54.4 Å². The molecular formula is C20H26N2O2. The van der Waals surface area contributed by atoms with Crippen molar-refractivity contribution in [3.63, 3.8) is 0 Å². The van der Waals surface area contributed by atoms with Gasteiger partial charge in [-0.2, -0.15) is 0 Å². The van der Waals surface area contributed by atoms with Crippen molar-refractivity contribution in [1.29, 1.82) is 0 Å². The molecule has 1 aliphatic rings. The predicted octanol–water partition coefficient (Wildman–Crippen LogP) is 3.32. The highest BCUT2D eigenvalue weighted by Crippen LogP contribution is 2.50. The average Bonchev–Trinajstić information content (AvgIpc) is 3.25. The number of methoxy groups -OCH3 is 1. The van der Waals surface area contributed by atoms with Gasteiger partial charge in [-0.3, -0.25) is 4.98 Å². The van der Waals surface area contributed by atoms with Crippen molar-refractivity contribution in [2.45, 2.75) is 25.5 Å². The molecule has 0 aliphatic heterocycles. The van der Waals surface area contributed by atoms with Crippen LogP contribution in [0.1, 0.15) is 25.0 Å². The summed E-state index contributed by atoms with van der Waals surface area (Å²) in [6, 6.07) is 7.66. The normalized spacial score (nSPS) is 25.2. The number of hydrogen-bond acceptors (Lipinski definition) is 4. The van der Waals surface area contributed by atoms with E-state index in [0.29, 0.717) is 17.8 Å². The summed E-state index contributed by atoms with van der Waals surface area (Å²) in [7, 11) is 3.56. The highest BCUT2D eigenvalue weighted by atomic mass is 16.5. The van der Waals surface area contributed by atoms with E-state index < -0.39 is 6.10 Å². The molecule has 5 unspecified atom stereocenters. The standard InChI is InChI=1S/C20H26N2O2/c1-5-14-12(2)16(14)11-19(21-3)20(23)15-8-9-22-18-7-6-13(24-4)10-17(15)18/h5-10,12,14,16,19-21,23H,1,11H2,2-4H3. The van der Waals surface area contributed by atoms with Gasteiger partial charge < -0.3 is 15.2 Å². The molecule has 0 saturated heterocycles. The maximum atomic E-state index is 11.0.